The molecule has 2 heteroatoms. The first-order valence-electron chi connectivity index (χ1n) is 7.77. The summed E-state index contributed by atoms with van der Waals surface area (Å²) in [5.74, 6) is 0.744. The van der Waals surface area contributed by atoms with E-state index in [1.807, 2.05) is 48.5 Å². The van der Waals surface area contributed by atoms with Gasteiger partial charge in [0.1, 0.15) is 6.10 Å². The van der Waals surface area contributed by atoms with Crippen LogP contribution in [0.2, 0.25) is 0 Å². The van der Waals surface area contributed by atoms with E-state index in [9.17, 15) is 0 Å². The Kier molecular flexibility index (Phi) is 4.67. The summed E-state index contributed by atoms with van der Waals surface area (Å²) in [6.07, 6.45) is 6.44. The molecule has 2 aromatic rings. The highest BCUT2D eigenvalue weighted by atomic mass is 16.5. The average molecular weight is 279 g/mol. The van der Waals surface area contributed by atoms with Crippen LogP contribution in [0.25, 0.3) is 0 Å². The Balaban J connectivity index is 1.85. The van der Waals surface area contributed by atoms with Gasteiger partial charge in [-0.15, -0.1) is 0 Å². The van der Waals surface area contributed by atoms with Crippen LogP contribution >= 0.6 is 0 Å². The molecule has 21 heavy (non-hydrogen) atoms. The molecular formula is C19H21NO. The summed E-state index contributed by atoms with van der Waals surface area (Å²) in [6, 6.07) is 20.2. The van der Waals surface area contributed by atoms with E-state index in [2.05, 4.69) is 12.1 Å². The van der Waals surface area contributed by atoms with Gasteiger partial charge >= 0.3 is 0 Å². The van der Waals surface area contributed by atoms with Gasteiger partial charge in [-0.2, -0.15) is 0 Å². The van der Waals surface area contributed by atoms with Crippen LogP contribution in [-0.4, -0.2) is 12.0 Å². The SMILES string of the molecule is c1ccc(N=C(OC2CCCCC2)c2ccccc2)cc1. The first-order chi connectivity index (χ1) is 10.4. The molecule has 3 rings (SSSR count). The zero-order chi connectivity index (χ0) is 14.3. The van der Waals surface area contributed by atoms with E-state index < -0.39 is 0 Å². The fraction of sp³-hybridized carbons (Fsp3) is 0.316. The standard InChI is InChI=1S/C19H21NO/c1-4-10-16(11-5-1)19(20-17-12-6-2-7-13-17)21-18-14-8-3-9-15-18/h1-2,4-7,10-13,18H,3,8-9,14-15H2. The van der Waals surface area contributed by atoms with Crippen molar-refractivity contribution in [1.29, 1.82) is 0 Å². The average Bonchev–Trinajstić information content (AvgIpc) is 2.57. The fourth-order valence-electron chi connectivity index (χ4n) is 2.70. The molecule has 0 amide bonds. The molecule has 2 nitrogen and oxygen atoms in total. The van der Waals surface area contributed by atoms with Crippen molar-refractivity contribution in [1.82, 2.24) is 0 Å². The maximum Gasteiger partial charge on any atom is 0.221 e. The Morgan fingerprint density at radius 2 is 1.43 bits per heavy atom. The van der Waals surface area contributed by atoms with Crippen molar-refractivity contribution in [3.8, 4) is 0 Å². The second kappa shape index (κ2) is 7.07. The number of para-hydroxylation sites is 1. The minimum atomic E-state index is 0.307. The van der Waals surface area contributed by atoms with Gasteiger partial charge in [0.25, 0.3) is 0 Å². The zero-order valence-corrected chi connectivity index (χ0v) is 12.2. The summed E-state index contributed by atoms with van der Waals surface area (Å²) in [5.41, 5.74) is 1.99. The Morgan fingerprint density at radius 1 is 0.810 bits per heavy atom. The smallest absolute Gasteiger partial charge is 0.221 e. The van der Waals surface area contributed by atoms with E-state index in [-0.39, 0.29) is 0 Å². The monoisotopic (exact) mass is 279 g/mol. The first-order valence-corrected chi connectivity index (χ1v) is 7.77. The van der Waals surface area contributed by atoms with Crippen LogP contribution in [0.5, 0.6) is 0 Å². The lowest BCUT2D eigenvalue weighted by Gasteiger charge is -2.23. The van der Waals surface area contributed by atoms with Gasteiger partial charge < -0.3 is 4.74 Å². The van der Waals surface area contributed by atoms with Crippen molar-refractivity contribution in [2.24, 2.45) is 4.99 Å². The highest BCUT2D eigenvalue weighted by molar-refractivity contribution is 5.95. The molecule has 0 heterocycles. The lowest BCUT2D eigenvalue weighted by atomic mass is 9.98. The molecule has 0 radical (unpaired) electrons. The van der Waals surface area contributed by atoms with Gasteiger partial charge in [-0.25, -0.2) is 4.99 Å². The lowest BCUT2D eigenvalue weighted by molar-refractivity contribution is 0.144. The summed E-state index contributed by atoms with van der Waals surface area (Å²) < 4.78 is 6.23. The quantitative estimate of drug-likeness (QED) is 0.565. The van der Waals surface area contributed by atoms with Crippen LogP contribution in [0, 0.1) is 0 Å². The first kappa shape index (κ1) is 13.9. The third-order valence-electron chi connectivity index (χ3n) is 3.84. The molecule has 0 spiro atoms. The molecule has 108 valence electrons. The van der Waals surface area contributed by atoms with Gasteiger partial charge in [-0.1, -0.05) is 42.8 Å². The van der Waals surface area contributed by atoms with Crippen molar-refractivity contribution in [3.05, 3.63) is 66.2 Å². The topological polar surface area (TPSA) is 21.6 Å². The van der Waals surface area contributed by atoms with Crippen molar-refractivity contribution in [2.75, 3.05) is 0 Å². The predicted molar refractivity (Wildman–Crippen MR) is 87.0 cm³/mol. The summed E-state index contributed by atoms with van der Waals surface area (Å²) in [6.45, 7) is 0. The minimum Gasteiger partial charge on any atom is -0.474 e. The van der Waals surface area contributed by atoms with Crippen molar-refractivity contribution in [3.63, 3.8) is 0 Å². The van der Waals surface area contributed by atoms with E-state index in [4.69, 9.17) is 9.73 Å². The fourth-order valence-corrected chi connectivity index (χ4v) is 2.70. The molecule has 2 aromatic carbocycles. The second-order valence-electron chi connectivity index (χ2n) is 5.50. The largest absolute Gasteiger partial charge is 0.474 e. The molecule has 0 aliphatic heterocycles. The molecule has 0 saturated heterocycles. The van der Waals surface area contributed by atoms with E-state index in [1.165, 1.54) is 19.3 Å². The van der Waals surface area contributed by atoms with Crippen LogP contribution in [0.4, 0.5) is 5.69 Å². The van der Waals surface area contributed by atoms with Crippen LogP contribution < -0.4 is 0 Å². The van der Waals surface area contributed by atoms with Crippen LogP contribution in [0.1, 0.15) is 37.7 Å². The van der Waals surface area contributed by atoms with E-state index in [0.717, 1.165) is 30.0 Å². The molecule has 0 bridgehead atoms. The molecule has 1 aliphatic carbocycles. The zero-order valence-electron chi connectivity index (χ0n) is 12.2. The third-order valence-corrected chi connectivity index (χ3v) is 3.84. The van der Waals surface area contributed by atoms with Crippen LogP contribution in [-0.2, 0) is 4.74 Å². The van der Waals surface area contributed by atoms with Crippen LogP contribution in [0.3, 0.4) is 0 Å². The van der Waals surface area contributed by atoms with Gasteiger partial charge in [0.2, 0.25) is 5.90 Å². The number of nitrogens with zero attached hydrogens (tertiary/aromatic N) is 1. The van der Waals surface area contributed by atoms with Gasteiger partial charge in [-0.05, 0) is 49.9 Å². The minimum absolute atomic E-state index is 0.307. The summed E-state index contributed by atoms with van der Waals surface area (Å²) in [4.78, 5) is 4.72. The second-order valence-corrected chi connectivity index (χ2v) is 5.50. The molecule has 1 aliphatic rings. The molecule has 1 fully saturated rings. The van der Waals surface area contributed by atoms with E-state index in [0.29, 0.717) is 6.10 Å². The molecule has 0 aromatic heterocycles. The van der Waals surface area contributed by atoms with Crippen molar-refractivity contribution >= 4 is 11.6 Å². The maximum absolute atomic E-state index is 6.23. The molecule has 0 atom stereocenters. The number of benzene rings is 2. The molecule has 0 unspecified atom stereocenters. The van der Waals surface area contributed by atoms with Crippen molar-refractivity contribution in [2.45, 2.75) is 38.2 Å². The van der Waals surface area contributed by atoms with Gasteiger partial charge in [0, 0.05) is 5.56 Å². The maximum atomic E-state index is 6.23. The number of hydrogen-bond donors (Lipinski definition) is 0. The van der Waals surface area contributed by atoms with Crippen molar-refractivity contribution < 1.29 is 4.74 Å². The summed E-state index contributed by atoms with van der Waals surface area (Å²) in [5, 5.41) is 0. The third kappa shape index (κ3) is 3.94. The predicted octanol–water partition coefficient (Wildman–Crippen LogP) is 5.11. The van der Waals surface area contributed by atoms with E-state index >= 15 is 0 Å². The normalized spacial score (nSPS) is 16.7. The number of ether oxygens (including phenoxy) is 1. The summed E-state index contributed by atoms with van der Waals surface area (Å²) >= 11 is 0. The Bertz CT molecular complexity index is 571. The number of hydrogen-bond acceptors (Lipinski definition) is 2. The van der Waals surface area contributed by atoms with Gasteiger partial charge in [0.15, 0.2) is 0 Å². The van der Waals surface area contributed by atoms with E-state index in [1.54, 1.807) is 0 Å². The molecule has 1 saturated carbocycles. The highest BCUT2D eigenvalue weighted by Gasteiger charge is 2.17. The molecular weight excluding hydrogens is 258 g/mol. The Labute approximate surface area is 126 Å². The summed E-state index contributed by atoms with van der Waals surface area (Å²) in [7, 11) is 0. The van der Waals surface area contributed by atoms with Crippen LogP contribution in [0.15, 0.2) is 65.7 Å². The van der Waals surface area contributed by atoms with Gasteiger partial charge in [-0.3, -0.25) is 0 Å². The number of rotatable bonds is 3. The highest BCUT2D eigenvalue weighted by Crippen LogP contribution is 2.23. The molecule has 0 N–H and O–H groups in total. The Morgan fingerprint density at radius 3 is 2.10 bits per heavy atom. The Hall–Kier alpha value is -2.09. The lowest BCUT2D eigenvalue weighted by Crippen LogP contribution is -2.21. The number of aliphatic imine (C=N–C) groups is 1. The van der Waals surface area contributed by atoms with Gasteiger partial charge in [0.05, 0.1) is 5.69 Å².